The van der Waals surface area contributed by atoms with Crippen molar-refractivity contribution in [2.75, 3.05) is 18.0 Å². The minimum atomic E-state index is -0.678. The zero-order valence-electron chi connectivity index (χ0n) is 10.5. The second-order valence-electron chi connectivity index (χ2n) is 5.31. The summed E-state index contributed by atoms with van der Waals surface area (Å²) in [6.07, 6.45) is 0.707. The minimum absolute atomic E-state index is 0.134. The van der Waals surface area contributed by atoms with Crippen molar-refractivity contribution in [2.24, 2.45) is 0 Å². The molecule has 17 heavy (non-hydrogen) atoms. The van der Waals surface area contributed by atoms with Crippen LogP contribution in [0.15, 0.2) is 10.9 Å². The van der Waals surface area contributed by atoms with Gasteiger partial charge in [0, 0.05) is 25.1 Å². The molecule has 94 valence electrons. The van der Waals surface area contributed by atoms with Crippen LogP contribution in [0.25, 0.3) is 0 Å². The van der Waals surface area contributed by atoms with Gasteiger partial charge < -0.3 is 15.0 Å². The number of nitrogens with zero attached hydrogens (tertiary/aromatic N) is 2. The molecule has 0 saturated carbocycles. The van der Waals surface area contributed by atoms with Crippen molar-refractivity contribution in [3.63, 3.8) is 0 Å². The van der Waals surface area contributed by atoms with E-state index < -0.39 is 5.60 Å². The van der Waals surface area contributed by atoms with Crippen molar-refractivity contribution in [2.45, 2.75) is 38.7 Å². The second kappa shape index (κ2) is 4.14. The number of aliphatic hydroxyl groups is 1. The maximum Gasteiger partial charge on any atom is 0.252 e. The quantitative estimate of drug-likeness (QED) is 0.800. The first-order valence-corrected chi connectivity index (χ1v) is 5.96. The fourth-order valence-electron chi connectivity index (χ4n) is 2.04. The van der Waals surface area contributed by atoms with Crippen molar-refractivity contribution in [1.29, 1.82) is 0 Å². The first-order valence-electron chi connectivity index (χ1n) is 5.96. The molecule has 0 amide bonds. The first kappa shape index (κ1) is 12.1. The lowest BCUT2D eigenvalue weighted by Gasteiger charge is -2.20. The number of hydrogen-bond donors (Lipinski definition) is 2. The zero-order chi connectivity index (χ0) is 12.6. The molecule has 1 atom stereocenters. The Kier molecular flexibility index (Phi) is 2.95. The first-order chi connectivity index (χ1) is 7.87. The Hall–Kier alpha value is -1.36. The molecule has 1 aromatic heterocycles. The van der Waals surface area contributed by atoms with Crippen molar-refractivity contribution in [3.8, 4) is 0 Å². The summed E-state index contributed by atoms with van der Waals surface area (Å²) < 4.78 is 0. The molecule has 1 fully saturated rings. The van der Waals surface area contributed by atoms with E-state index in [1.807, 2.05) is 25.7 Å². The van der Waals surface area contributed by atoms with Crippen LogP contribution in [0, 0.1) is 0 Å². The molecule has 1 aliphatic rings. The number of aromatic nitrogens is 2. The van der Waals surface area contributed by atoms with E-state index in [2.05, 4.69) is 9.97 Å². The summed E-state index contributed by atoms with van der Waals surface area (Å²) in [6.45, 7) is 7.05. The number of β-amino-alcohol motifs (C(OH)–C–C–N with tert-alkyl or cyclic N) is 1. The molecular weight excluding hydrogens is 218 g/mol. The highest BCUT2D eigenvalue weighted by molar-refractivity contribution is 5.40. The van der Waals surface area contributed by atoms with Gasteiger partial charge in [-0.1, -0.05) is 13.8 Å². The fourth-order valence-corrected chi connectivity index (χ4v) is 2.04. The summed E-state index contributed by atoms with van der Waals surface area (Å²) in [5, 5.41) is 9.92. The Bertz CT molecular complexity index is 465. The molecule has 2 heterocycles. The topological polar surface area (TPSA) is 69.2 Å². The number of rotatable bonds is 2. The normalized spacial score (nSPS) is 24.6. The molecular formula is C12H19N3O2. The van der Waals surface area contributed by atoms with Crippen molar-refractivity contribution in [3.05, 3.63) is 22.2 Å². The Morgan fingerprint density at radius 2 is 2.29 bits per heavy atom. The third-order valence-corrected chi connectivity index (χ3v) is 3.07. The minimum Gasteiger partial charge on any atom is -0.388 e. The van der Waals surface area contributed by atoms with Crippen molar-refractivity contribution in [1.82, 2.24) is 9.97 Å². The molecule has 1 saturated heterocycles. The molecule has 1 unspecified atom stereocenters. The third kappa shape index (κ3) is 2.66. The predicted molar refractivity (Wildman–Crippen MR) is 66.4 cm³/mol. The summed E-state index contributed by atoms with van der Waals surface area (Å²) in [7, 11) is 0. The molecule has 2 N–H and O–H groups in total. The Balaban J connectivity index is 2.30. The van der Waals surface area contributed by atoms with Crippen LogP contribution in [0.2, 0.25) is 0 Å². The molecule has 1 aromatic rings. The summed E-state index contributed by atoms with van der Waals surface area (Å²) in [5.74, 6) is 1.54. The fraction of sp³-hybridized carbons (Fsp3) is 0.667. The van der Waals surface area contributed by atoms with E-state index in [-0.39, 0.29) is 11.5 Å². The Morgan fingerprint density at radius 1 is 1.59 bits per heavy atom. The van der Waals surface area contributed by atoms with Gasteiger partial charge in [-0.3, -0.25) is 4.79 Å². The van der Waals surface area contributed by atoms with Gasteiger partial charge >= 0.3 is 0 Å². The van der Waals surface area contributed by atoms with E-state index in [1.165, 1.54) is 6.07 Å². The van der Waals surface area contributed by atoms with Gasteiger partial charge in [-0.15, -0.1) is 0 Å². The van der Waals surface area contributed by atoms with Gasteiger partial charge in [0.1, 0.15) is 11.6 Å². The molecule has 2 rings (SSSR count). The number of nitrogens with one attached hydrogen (secondary N) is 1. The van der Waals surface area contributed by atoms with Crippen LogP contribution in [0.5, 0.6) is 0 Å². The van der Waals surface area contributed by atoms with Crippen LogP contribution < -0.4 is 10.5 Å². The molecule has 0 spiro atoms. The largest absolute Gasteiger partial charge is 0.388 e. The number of hydrogen-bond acceptors (Lipinski definition) is 4. The van der Waals surface area contributed by atoms with E-state index >= 15 is 0 Å². The highest BCUT2D eigenvalue weighted by Gasteiger charge is 2.32. The molecule has 5 heteroatoms. The monoisotopic (exact) mass is 237 g/mol. The van der Waals surface area contributed by atoms with Crippen LogP contribution in [0.4, 0.5) is 5.82 Å². The Labute approximate surface area is 100 Å². The lowest BCUT2D eigenvalue weighted by atomic mass is 10.1. The number of H-pyrrole nitrogens is 1. The van der Waals surface area contributed by atoms with E-state index in [0.717, 1.165) is 6.54 Å². The van der Waals surface area contributed by atoms with Crippen molar-refractivity contribution < 1.29 is 5.11 Å². The summed E-state index contributed by atoms with van der Waals surface area (Å²) >= 11 is 0. The van der Waals surface area contributed by atoms with Gasteiger partial charge in [0.25, 0.3) is 5.56 Å². The standard InChI is InChI=1S/C12H19N3O2/c1-8(2)11-13-9(6-10(16)14-11)15-5-4-12(3,17)7-15/h6,8,17H,4-5,7H2,1-3H3,(H,13,14,16). The van der Waals surface area contributed by atoms with Crippen LogP contribution in [0.3, 0.4) is 0 Å². The number of aromatic amines is 1. The van der Waals surface area contributed by atoms with Crippen LogP contribution in [0.1, 0.15) is 38.9 Å². The van der Waals surface area contributed by atoms with E-state index in [4.69, 9.17) is 0 Å². The van der Waals surface area contributed by atoms with E-state index in [9.17, 15) is 9.90 Å². The zero-order valence-corrected chi connectivity index (χ0v) is 10.5. The van der Waals surface area contributed by atoms with Gasteiger partial charge in [-0.25, -0.2) is 4.98 Å². The molecule has 5 nitrogen and oxygen atoms in total. The maximum atomic E-state index is 11.5. The lowest BCUT2D eigenvalue weighted by Crippen LogP contribution is -2.31. The van der Waals surface area contributed by atoms with E-state index in [0.29, 0.717) is 24.6 Å². The molecule has 0 aliphatic carbocycles. The van der Waals surface area contributed by atoms with Crippen LogP contribution in [-0.4, -0.2) is 33.8 Å². The highest BCUT2D eigenvalue weighted by atomic mass is 16.3. The second-order valence-corrected chi connectivity index (χ2v) is 5.31. The lowest BCUT2D eigenvalue weighted by molar-refractivity contribution is 0.0839. The maximum absolute atomic E-state index is 11.5. The van der Waals surface area contributed by atoms with Crippen molar-refractivity contribution >= 4 is 5.82 Å². The van der Waals surface area contributed by atoms with Gasteiger partial charge in [-0.05, 0) is 13.3 Å². The average Bonchev–Trinajstić information content (AvgIpc) is 2.58. The molecule has 1 aliphatic heterocycles. The van der Waals surface area contributed by atoms with Gasteiger partial charge in [0.2, 0.25) is 0 Å². The molecule has 0 radical (unpaired) electrons. The summed E-state index contributed by atoms with van der Waals surface area (Å²) in [4.78, 5) is 20.7. The Morgan fingerprint density at radius 3 is 2.82 bits per heavy atom. The average molecular weight is 237 g/mol. The number of anilines is 1. The summed E-state index contributed by atoms with van der Waals surface area (Å²) in [5.41, 5.74) is -0.812. The van der Waals surface area contributed by atoms with Crippen LogP contribution >= 0.6 is 0 Å². The van der Waals surface area contributed by atoms with E-state index in [1.54, 1.807) is 0 Å². The smallest absolute Gasteiger partial charge is 0.252 e. The van der Waals surface area contributed by atoms with Gasteiger partial charge in [-0.2, -0.15) is 0 Å². The van der Waals surface area contributed by atoms with Gasteiger partial charge in [0.15, 0.2) is 0 Å². The van der Waals surface area contributed by atoms with Crippen LogP contribution in [-0.2, 0) is 0 Å². The molecule has 0 aromatic carbocycles. The highest BCUT2D eigenvalue weighted by Crippen LogP contribution is 2.24. The SMILES string of the molecule is CC(C)c1nc(N2CCC(C)(O)C2)cc(=O)[nH]1. The predicted octanol–water partition coefficient (Wildman–Crippen LogP) is 0.854. The van der Waals surface area contributed by atoms with Gasteiger partial charge in [0.05, 0.1) is 5.60 Å². The third-order valence-electron chi connectivity index (χ3n) is 3.07. The molecule has 0 bridgehead atoms. The summed E-state index contributed by atoms with van der Waals surface area (Å²) in [6, 6.07) is 1.49.